The number of benzene rings is 2. The van der Waals surface area contributed by atoms with Gasteiger partial charge in [-0.3, -0.25) is 9.78 Å². The Morgan fingerprint density at radius 3 is 2.56 bits per heavy atom. The number of nitrogens with zero attached hydrogens (tertiary/aromatic N) is 3. The molecule has 0 aliphatic carbocycles. The Hall–Kier alpha value is -3.51. The molecule has 218 valence electrons. The number of likely N-dealkylation sites (tertiary alicyclic amines) is 1. The van der Waals surface area contributed by atoms with Gasteiger partial charge in [-0.05, 0) is 67.4 Å². The molecule has 2 aromatic carbocycles. The molecule has 5 rings (SSSR count). The third-order valence-electron chi connectivity index (χ3n) is 7.85. The monoisotopic (exact) mass is 580 g/mol. The maximum Gasteiger partial charge on any atom is 0.253 e. The Labute approximate surface area is 241 Å². The quantitative estimate of drug-likeness (QED) is 0.485. The predicted molar refractivity (Wildman–Crippen MR) is 154 cm³/mol. The number of sulfonamides is 1. The molecule has 3 aromatic rings. The summed E-state index contributed by atoms with van der Waals surface area (Å²) in [6.07, 6.45) is 3.67. The first-order valence-corrected chi connectivity index (χ1v) is 15.1. The number of β-amino-alcohol motifs (C(OH)–C–C–N with tert-alkyl or cyclic N) is 1. The van der Waals surface area contributed by atoms with Gasteiger partial charge in [0.15, 0.2) is 0 Å². The van der Waals surface area contributed by atoms with E-state index in [1.807, 2.05) is 41.1 Å². The van der Waals surface area contributed by atoms with Gasteiger partial charge in [-0.25, -0.2) is 13.1 Å². The summed E-state index contributed by atoms with van der Waals surface area (Å²) in [5, 5.41) is 10.6. The van der Waals surface area contributed by atoms with E-state index < -0.39 is 16.1 Å². The third-order valence-corrected chi connectivity index (χ3v) is 9.31. The number of carbonyl (C=O) groups is 1. The molecule has 1 saturated heterocycles. The van der Waals surface area contributed by atoms with E-state index in [2.05, 4.69) is 9.71 Å². The minimum absolute atomic E-state index is 0.0192. The summed E-state index contributed by atoms with van der Waals surface area (Å²) in [6.45, 7) is 2.14. The summed E-state index contributed by atoms with van der Waals surface area (Å²) in [6, 6.07) is 16.0. The van der Waals surface area contributed by atoms with Crippen molar-refractivity contribution in [2.45, 2.75) is 23.8 Å². The zero-order chi connectivity index (χ0) is 29.0. The van der Waals surface area contributed by atoms with Crippen molar-refractivity contribution in [1.82, 2.24) is 19.5 Å². The molecule has 11 heteroatoms. The van der Waals surface area contributed by atoms with Crippen LogP contribution in [0.3, 0.4) is 0 Å². The minimum Gasteiger partial charge on any atom is -0.497 e. The molecule has 10 nitrogen and oxygen atoms in total. The average Bonchev–Trinajstić information content (AvgIpc) is 2.99. The largest absolute Gasteiger partial charge is 0.497 e. The van der Waals surface area contributed by atoms with Crippen LogP contribution < -0.4 is 14.2 Å². The van der Waals surface area contributed by atoms with Crippen molar-refractivity contribution >= 4 is 15.9 Å². The second-order valence-electron chi connectivity index (χ2n) is 10.9. The summed E-state index contributed by atoms with van der Waals surface area (Å²) >= 11 is 0. The number of rotatable bonds is 3. The van der Waals surface area contributed by atoms with Crippen molar-refractivity contribution in [3.05, 3.63) is 72.6 Å². The SMILES string of the molecule is COc1cccc(-c2ccc3c(c2)OCC2(CCN(C(=O)c4ccncc4)CC2)CN(C)CC(O)CNS3(=O)=O)c1. The zero-order valence-electron chi connectivity index (χ0n) is 23.3. The Balaban J connectivity index is 1.45. The number of hydrogen-bond acceptors (Lipinski definition) is 8. The number of aliphatic hydroxyl groups is 1. The number of amides is 1. The van der Waals surface area contributed by atoms with E-state index in [0.717, 1.165) is 11.1 Å². The fourth-order valence-corrected chi connectivity index (χ4v) is 6.81. The lowest BCUT2D eigenvalue weighted by Gasteiger charge is -2.44. The van der Waals surface area contributed by atoms with E-state index in [1.165, 1.54) is 0 Å². The van der Waals surface area contributed by atoms with Gasteiger partial charge in [0.25, 0.3) is 5.91 Å². The van der Waals surface area contributed by atoms with Crippen molar-refractivity contribution in [2.24, 2.45) is 5.41 Å². The Morgan fingerprint density at radius 2 is 1.83 bits per heavy atom. The van der Waals surface area contributed by atoms with Crippen LogP contribution in [0, 0.1) is 5.41 Å². The summed E-state index contributed by atoms with van der Waals surface area (Å²) < 4.78 is 41.0. The molecule has 3 heterocycles. The third kappa shape index (κ3) is 6.70. The Bertz CT molecular complexity index is 1480. The maximum absolute atomic E-state index is 13.3. The van der Waals surface area contributed by atoms with E-state index in [0.29, 0.717) is 50.3 Å². The van der Waals surface area contributed by atoms with E-state index >= 15 is 0 Å². The van der Waals surface area contributed by atoms with Crippen LogP contribution in [0.25, 0.3) is 11.1 Å². The first kappa shape index (κ1) is 29.0. The molecule has 1 unspecified atom stereocenters. The minimum atomic E-state index is -3.96. The molecule has 1 aromatic heterocycles. The van der Waals surface area contributed by atoms with Crippen LogP contribution in [0.2, 0.25) is 0 Å². The molecule has 1 amide bonds. The molecule has 0 bridgehead atoms. The van der Waals surface area contributed by atoms with E-state index in [9.17, 15) is 18.3 Å². The van der Waals surface area contributed by atoms with Crippen LogP contribution in [-0.2, 0) is 10.0 Å². The van der Waals surface area contributed by atoms with E-state index in [1.54, 1.807) is 49.8 Å². The van der Waals surface area contributed by atoms with Gasteiger partial charge in [-0.2, -0.15) is 0 Å². The lowest BCUT2D eigenvalue weighted by atomic mass is 9.78. The zero-order valence-corrected chi connectivity index (χ0v) is 24.1. The molecule has 2 N–H and O–H groups in total. The number of hydrogen-bond donors (Lipinski definition) is 2. The van der Waals surface area contributed by atoms with E-state index in [-0.39, 0.29) is 35.1 Å². The normalized spacial score (nSPS) is 21.1. The van der Waals surface area contributed by atoms with Crippen LogP contribution in [0.4, 0.5) is 0 Å². The smallest absolute Gasteiger partial charge is 0.253 e. The highest BCUT2D eigenvalue weighted by Gasteiger charge is 2.39. The Morgan fingerprint density at radius 1 is 1.10 bits per heavy atom. The lowest BCUT2D eigenvalue weighted by molar-refractivity contribution is 0.0159. The number of likely N-dealkylation sites (N-methyl/N-ethyl adjacent to an activating group) is 1. The van der Waals surface area contributed by atoms with Crippen molar-refractivity contribution in [3.8, 4) is 22.6 Å². The maximum atomic E-state index is 13.3. The lowest BCUT2D eigenvalue weighted by Crippen LogP contribution is -2.51. The van der Waals surface area contributed by atoms with Crippen LogP contribution in [-0.4, -0.2) is 93.8 Å². The molecular weight excluding hydrogens is 544 g/mol. The van der Waals surface area contributed by atoms with Crippen LogP contribution in [0.5, 0.6) is 11.5 Å². The number of piperidine rings is 1. The molecule has 41 heavy (non-hydrogen) atoms. The number of fused-ring (bicyclic) bond motifs is 1. The number of methoxy groups -OCH3 is 1. The summed E-state index contributed by atoms with van der Waals surface area (Å²) in [4.78, 5) is 21.0. The summed E-state index contributed by atoms with van der Waals surface area (Å²) in [5.41, 5.74) is 1.89. The fraction of sp³-hybridized carbons (Fsp3) is 0.400. The number of aliphatic hydroxyl groups excluding tert-OH is 1. The molecule has 1 spiro atoms. The number of carbonyl (C=O) groups excluding carboxylic acids is 1. The van der Waals surface area contributed by atoms with Crippen molar-refractivity contribution in [3.63, 3.8) is 0 Å². The Kier molecular flexibility index (Phi) is 8.60. The predicted octanol–water partition coefficient (Wildman–Crippen LogP) is 2.64. The van der Waals surface area contributed by atoms with Crippen molar-refractivity contribution in [2.75, 3.05) is 53.5 Å². The summed E-state index contributed by atoms with van der Waals surface area (Å²) in [7, 11) is -0.452. The number of nitrogens with one attached hydrogen (secondary N) is 1. The standard InChI is InChI=1S/C30H36N4O6S/c1-33-19-25(35)18-32-41(37,38)28-7-6-24(23-4-3-5-26(16-23)39-2)17-27(28)40-21-30(20-33)10-14-34(15-11-30)29(36)22-8-12-31-13-9-22/h3-9,12-13,16-17,25,32,35H,10-11,14-15,18-21H2,1-2H3. The summed E-state index contributed by atoms with van der Waals surface area (Å²) in [5.74, 6) is 0.894. The first-order chi connectivity index (χ1) is 19.7. The highest BCUT2D eigenvalue weighted by atomic mass is 32.2. The number of pyridine rings is 1. The topological polar surface area (TPSA) is 121 Å². The van der Waals surface area contributed by atoms with Gasteiger partial charge in [-0.15, -0.1) is 0 Å². The average molecular weight is 581 g/mol. The molecule has 1 fully saturated rings. The van der Waals surface area contributed by atoms with Crippen LogP contribution in [0.15, 0.2) is 71.9 Å². The van der Waals surface area contributed by atoms with Gasteiger partial charge in [0, 0.05) is 56.1 Å². The van der Waals surface area contributed by atoms with Crippen molar-refractivity contribution < 1.29 is 27.8 Å². The molecular formula is C30H36N4O6S. The van der Waals surface area contributed by atoms with Gasteiger partial charge < -0.3 is 24.4 Å². The van der Waals surface area contributed by atoms with Crippen LogP contribution >= 0.6 is 0 Å². The van der Waals surface area contributed by atoms with E-state index in [4.69, 9.17) is 9.47 Å². The van der Waals surface area contributed by atoms with Gasteiger partial charge in [0.2, 0.25) is 10.0 Å². The van der Waals surface area contributed by atoms with Gasteiger partial charge >= 0.3 is 0 Å². The highest BCUT2D eigenvalue weighted by Crippen LogP contribution is 2.37. The number of ether oxygens (including phenoxy) is 2. The molecule has 1 atom stereocenters. The molecule has 0 radical (unpaired) electrons. The second-order valence-corrected chi connectivity index (χ2v) is 12.6. The number of aromatic nitrogens is 1. The van der Waals surface area contributed by atoms with Gasteiger partial charge in [0.1, 0.15) is 16.4 Å². The van der Waals surface area contributed by atoms with Gasteiger partial charge in [0.05, 0.1) is 19.8 Å². The first-order valence-electron chi connectivity index (χ1n) is 13.6. The molecule has 2 aliphatic heterocycles. The van der Waals surface area contributed by atoms with Crippen LogP contribution in [0.1, 0.15) is 23.2 Å². The van der Waals surface area contributed by atoms with Gasteiger partial charge in [-0.1, -0.05) is 18.2 Å². The molecule has 2 aliphatic rings. The fourth-order valence-electron chi connectivity index (χ4n) is 5.61. The second kappa shape index (κ2) is 12.2. The highest BCUT2D eigenvalue weighted by molar-refractivity contribution is 7.89. The van der Waals surface area contributed by atoms with Crippen molar-refractivity contribution in [1.29, 1.82) is 0 Å². The molecule has 0 saturated carbocycles.